The Kier molecular flexibility index (Phi) is 5.01. The lowest BCUT2D eigenvalue weighted by Gasteiger charge is -2.30. The first-order chi connectivity index (χ1) is 13.9. The lowest BCUT2D eigenvalue weighted by Crippen LogP contribution is -2.34. The van der Waals surface area contributed by atoms with Gasteiger partial charge in [0.25, 0.3) is 0 Å². The number of aliphatic imine (C=N–C) groups is 1. The van der Waals surface area contributed by atoms with E-state index in [0.717, 1.165) is 0 Å². The van der Waals surface area contributed by atoms with Gasteiger partial charge < -0.3 is 10.1 Å². The Balaban J connectivity index is 1.67. The van der Waals surface area contributed by atoms with Crippen LogP contribution in [0.3, 0.4) is 0 Å². The van der Waals surface area contributed by atoms with E-state index in [2.05, 4.69) is 5.32 Å². The average molecular weight is 396 g/mol. The third kappa shape index (κ3) is 3.97. The van der Waals surface area contributed by atoms with Crippen molar-refractivity contribution in [2.75, 3.05) is 6.61 Å². The fourth-order valence-corrected chi connectivity index (χ4v) is 3.60. The van der Waals surface area contributed by atoms with Crippen molar-refractivity contribution < 1.29 is 17.9 Å². The van der Waals surface area contributed by atoms with Crippen LogP contribution < -0.4 is 10.1 Å². The number of nitrogens with zero attached hydrogens (tertiary/aromatic N) is 1. The van der Waals surface area contributed by atoms with Crippen molar-refractivity contribution in [1.29, 1.82) is 0 Å². The van der Waals surface area contributed by atoms with Crippen molar-refractivity contribution in [3.63, 3.8) is 0 Å². The van der Waals surface area contributed by atoms with Crippen molar-refractivity contribution >= 4 is 5.84 Å². The SMILES string of the molecule is CC1(c2cccc(F)c2)N=C(COc2cccc(F)c2)NC1c1cccc(F)c1. The molecule has 1 heterocycles. The van der Waals surface area contributed by atoms with E-state index >= 15 is 0 Å². The molecule has 1 N–H and O–H groups in total. The van der Waals surface area contributed by atoms with E-state index in [1.54, 1.807) is 36.4 Å². The highest BCUT2D eigenvalue weighted by Gasteiger charge is 2.42. The fourth-order valence-electron chi connectivity index (χ4n) is 3.60. The molecule has 3 nitrogen and oxygen atoms in total. The van der Waals surface area contributed by atoms with E-state index in [1.807, 2.05) is 6.92 Å². The predicted molar refractivity (Wildman–Crippen MR) is 105 cm³/mol. The monoisotopic (exact) mass is 396 g/mol. The summed E-state index contributed by atoms with van der Waals surface area (Å²) in [5.41, 5.74) is 0.456. The maximum Gasteiger partial charge on any atom is 0.145 e. The van der Waals surface area contributed by atoms with Crippen LogP contribution in [0.4, 0.5) is 13.2 Å². The van der Waals surface area contributed by atoms with E-state index in [-0.39, 0.29) is 18.2 Å². The molecule has 0 aliphatic carbocycles. The second-order valence-electron chi connectivity index (χ2n) is 7.09. The third-order valence-corrected chi connectivity index (χ3v) is 5.00. The number of hydrogen-bond donors (Lipinski definition) is 1. The molecule has 1 aliphatic rings. The number of nitrogens with one attached hydrogen (secondary N) is 1. The van der Waals surface area contributed by atoms with Crippen LogP contribution in [0.15, 0.2) is 77.8 Å². The van der Waals surface area contributed by atoms with Gasteiger partial charge in [-0.1, -0.05) is 30.3 Å². The van der Waals surface area contributed by atoms with Gasteiger partial charge in [0.05, 0.1) is 6.04 Å². The van der Waals surface area contributed by atoms with Crippen LogP contribution in [-0.2, 0) is 5.54 Å². The van der Waals surface area contributed by atoms with Gasteiger partial charge in [-0.3, -0.25) is 4.99 Å². The number of halogens is 3. The van der Waals surface area contributed by atoms with Gasteiger partial charge >= 0.3 is 0 Å². The minimum Gasteiger partial charge on any atom is -0.486 e. The van der Waals surface area contributed by atoms with Crippen molar-refractivity contribution in [3.05, 3.63) is 101 Å². The first-order valence-corrected chi connectivity index (χ1v) is 9.19. The largest absolute Gasteiger partial charge is 0.486 e. The number of hydrogen-bond acceptors (Lipinski definition) is 3. The topological polar surface area (TPSA) is 33.6 Å². The van der Waals surface area contributed by atoms with Gasteiger partial charge in [-0.05, 0) is 54.4 Å². The van der Waals surface area contributed by atoms with Gasteiger partial charge in [0.1, 0.15) is 41.2 Å². The molecule has 0 fully saturated rings. The first kappa shape index (κ1) is 19.1. The van der Waals surface area contributed by atoms with Gasteiger partial charge in [-0.2, -0.15) is 0 Å². The zero-order valence-corrected chi connectivity index (χ0v) is 15.7. The molecule has 6 heteroatoms. The van der Waals surface area contributed by atoms with Gasteiger partial charge in [0.15, 0.2) is 0 Å². The molecule has 0 bridgehead atoms. The van der Waals surface area contributed by atoms with Crippen LogP contribution in [0, 0.1) is 17.5 Å². The molecule has 148 valence electrons. The Morgan fingerprint density at radius 1 is 0.897 bits per heavy atom. The molecule has 0 aromatic heterocycles. The van der Waals surface area contributed by atoms with Gasteiger partial charge in [-0.25, -0.2) is 13.2 Å². The maximum absolute atomic E-state index is 13.9. The molecule has 1 aliphatic heterocycles. The molecular formula is C23H19F3N2O. The molecule has 0 saturated heterocycles. The van der Waals surface area contributed by atoms with Crippen LogP contribution in [0.5, 0.6) is 5.75 Å². The zero-order chi connectivity index (χ0) is 20.4. The second-order valence-corrected chi connectivity index (χ2v) is 7.09. The minimum absolute atomic E-state index is 0.0696. The summed E-state index contributed by atoms with van der Waals surface area (Å²) >= 11 is 0. The molecule has 3 aromatic carbocycles. The predicted octanol–water partition coefficient (Wildman–Crippen LogP) is 5.14. The van der Waals surface area contributed by atoms with Crippen LogP contribution in [0.1, 0.15) is 24.1 Å². The van der Waals surface area contributed by atoms with Gasteiger partial charge in [0, 0.05) is 6.07 Å². The molecule has 0 spiro atoms. The molecule has 0 amide bonds. The molecule has 2 atom stereocenters. The lowest BCUT2D eigenvalue weighted by atomic mass is 9.82. The Hall–Kier alpha value is -3.28. The number of amidine groups is 1. The van der Waals surface area contributed by atoms with Crippen LogP contribution in [-0.4, -0.2) is 12.4 Å². The number of rotatable bonds is 5. The van der Waals surface area contributed by atoms with E-state index < -0.39 is 17.4 Å². The van der Waals surface area contributed by atoms with Crippen molar-refractivity contribution in [2.24, 2.45) is 4.99 Å². The lowest BCUT2D eigenvalue weighted by molar-refractivity contribution is 0.369. The van der Waals surface area contributed by atoms with Gasteiger partial charge in [0.2, 0.25) is 0 Å². The summed E-state index contributed by atoms with van der Waals surface area (Å²) in [7, 11) is 0. The first-order valence-electron chi connectivity index (χ1n) is 9.19. The fraction of sp³-hybridized carbons (Fsp3) is 0.174. The Bertz CT molecular complexity index is 1070. The standard InChI is InChI=1S/C23H19F3N2O/c1-23(16-6-3-8-18(25)12-16)22(15-5-2-7-17(24)11-15)27-21(28-23)14-29-20-10-4-9-19(26)13-20/h2-13,22H,14H2,1H3,(H,27,28). The molecule has 0 saturated carbocycles. The second kappa shape index (κ2) is 7.62. The summed E-state index contributed by atoms with van der Waals surface area (Å²) in [6.45, 7) is 1.93. The smallest absolute Gasteiger partial charge is 0.145 e. The van der Waals surface area contributed by atoms with Gasteiger partial charge in [-0.15, -0.1) is 0 Å². The molecular weight excluding hydrogens is 377 g/mol. The third-order valence-electron chi connectivity index (χ3n) is 5.00. The molecule has 4 rings (SSSR count). The summed E-state index contributed by atoms with van der Waals surface area (Å²) in [6.07, 6.45) is 0. The van der Waals surface area contributed by atoms with E-state index in [4.69, 9.17) is 9.73 Å². The van der Waals surface area contributed by atoms with Crippen LogP contribution in [0.25, 0.3) is 0 Å². The van der Waals surface area contributed by atoms with Crippen molar-refractivity contribution in [3.8, 4) is 5.75 Å². The normalized spacial score (nSPS) is 20.8. The summed E-state index contributed by atoms with van der Waals surface area (Å²) in [4.78, 5) is 4.75. The van der Waals surface area contributed by atoms with E-state index in [1.165, 1.54) is 36.4 Å². The summed E-state index contributed by atoms with van der Waals surface area (Å²) < 4.78 is 46.8. The highest BCUT2D eigenvalue weighted by Crippen LogP contribution is 2.42. The van der Waals surface area contributed by atoms with E-state index in [9.17, 15) is 13.2 Å². The van der Waals surface area contributed by atoms with Crippen LogP contribution in [0.2, 0.25) is 0 Å². The highest BCUT2D eigenvalue weighted by atomic mass is 19.1. The highest BCUT2D eigenvalue weighted by molar-refractivity contribution is 5.87. The minimum atomic E-state index is -0.878. The molecule has 0 radical (unpaired) electrons. The maximum atomic E-state index is 13.9. The van der Waals surface area contributed by atoms with Crippen molar-refractivity contribution in [1.82, 2.24) is 5.32 Å². The molecule has 2 unspecified atom stereocenters. The number of ether oxygens (including phenoxy) is 1. The zero-order valence-electron chi connectivity index (χ0n) is 15.7. The van der Waals surface area contributed by atoms with Crippen molar-refractivity contribution in [2.45, 2.75) is 18.5 Å². The molecule has 29 heavy (non-hydrogen) atoms. The Morgan fingerprint density at radius 2 is 1.55 bits per heavy atom. The van der Waals surface area contributed by atoms with E-state index in [0.29, 0.717) is 22.7 Å². The summed E-state index contributed by atoms with van der Waals surface area (Å²) in [5.74, 6) is -0.255. The summed E-state index contributed by atoms with van der Waals surface area (Å²) in [5, 5.41) is 3.27. The Labute approximate surface area is 166 Å². The quantitative estimate of drug-likeness (QED) is 0.648. The Morgan fingerprint density at radius 3 is 2.24 bits per heavy atom. The van der Waals surface area contributed by atoms with Crippen LogP contribution >= 0.6 is 0 Å². The molecule has 3 aromatic rings. The average Bonchev–Trinajstić information content (AvgIpc) is 3.04. The number of benzene rings is 3. The summed E-state index contributed by atoms with van der Waals surface area (Å²) in [6, 6.07) is 17.8.